The van der Waals surface area contributed by atoms with Gasteiger partial charge >= 0.3 is 0 Å². The Kier molecular flexibility index (Phi) is 5.75. The number of pyridine rings is 1. The SMILES string of the molecule is CN(C)C(=O)COC[C@@H]1CN(c2cc(C#N)ccn2)CC(C)(C)O1. The Hall–Kier alpha value is -2.17. The molecule has 0 radical (unpaired) electrons. The van der Waals surface area contributed by atoms with E-state index in [1.807, 2.05) is 13.8 Å². The first-order valence-electron chi connectivity index (χ1n) is 7.87. The Morgan fingerprint density at radius 1 is 1.58 bits per heavy atom. The lowest BCUT2D eigenvalue weighted by molar-refractivity contribution is -0.139. The zero-order valence-corrected chi connectivity index (χ0v) is 14.7. The minimum Gasteiger partial charge on any atom is -0.369 e. The summed E-state index contributed by atoms with van der Waals surface area (Å²) in [5.74, 6) is 0.671. The van der Waals surface area contributed by atoms with Crippen molar-refractivity contribution in [1.29, 1.82) is 5.26 Å². The molecule has 1 saturated heterocycles. The first kappa shape index (κ1) is 18.2. The number of carbonyl (C=O) groups is 1. The van der Waals surface area contributed by atoms with Gasteiger partial charge in [-0.05, 0) is 26.0 Å². The molecular weight excluding hydrogens is 308 g/mol. The van der Waals surface area contributed by atoms with Crippen molar-refractivity contribution in [1.82, 2.24) is 9.88 Å². The minimum atomic E-state index is -0.373. The molecule has 2 rings (SSSR count). The van der Waals surface area contributed by atoms with E-state index in [0.29, 0.717) is 25.3 Å². The maximum atomic E-state index is 11.6. The molecule has 1 aromatic rings. The Balaban J connectivity index is 2.01. The number of rotatable bonds is 5. The van der Waals surface area contributed by atoms with E-state index in [1.54, 1.807) is 32.4 Å². The fourth-order valence-corrected chi connectivity index (χ4v) is 2.62. The van der Waals surface area contributed by atoms with Gasteiger partial charge in [0.15, 0.2) is 0 Å². The molecule has 1 amide bonds. The molecule has 2 heterocycles. The summed E-state index contributed by atoms with van der Waals surface area (Å²) < 4.78 is 11.5. The molecule has 1 fully saturated rings. The van der Waals surface area contributed by atoms with Gasteiger partial charge < -0.3 is 19.3 Å². The highest BCUT2D eigenvalue weighted by molar-refractivity contribution is 5.76. The molecule has 24 heavy (non-hydrogen) atoms. The average Bonchev–Trinajstić information content (AvgIpc) is 2.53. The Morgan fingerprint density at radius 3 is 3.00 bits per heavy atom. The molecule has 130 valence electrons. The van der Waals surface area contributed by atoms with Crippen molar-refractivity contribution in [2.24, 2.45) is 0 Å². The number of amides is 1. The van der Waals surface area contributed by atoms with E-state index in [2.05, 4.69) is 16.0 Å². The van der Waals surface area contributed by atoms with Crippen LogP contribution < -0.4 is 4.90 Å². The first-order chi connectivity index (χ1) is 11.3. The van der Waals surface area contributed by atoms with Crippen molar-refractivity contribution in [3.05, 3.63) is 23.9 Å². The van der Waals surface area contributed by atoms with Crippen molar-refractivity contribution in [2.45, 2.75) is 25.6 Å². The van der Waals surface area contributed by atoms with E-state index in [-0.39, 0.29) is 24.2 Å². The summed E-state index contributed by atoms with van der Waals surface area (Å²) in [6.45, 7) is 5.65. The number of nitriles is 1. The van der Waals surface area contributed by atoms with Crippen LogP contribution in [-0.4, -0.2) is 67.9 Å². The van der Waals surface area contributed by atoms with Gasteiger partial charge in [-0.15, -0.1) is 0 Å². The van der Waals surface area contributed by atoms with Crippen LogP contribution in [0.15, 0.2) is 18.3 Å². The summed E-state index contributed by atoms with van der Waals surface area (Å²) in [5, 5.41) is 9.05. The number of carbonyl (C=O) groups excluding carboxylic acids is 1. The van der Waals surface area contributed by atoms with Crippen molar-refractivity contribution < 1.29 is 14.3 Å². The van der Waals surface area contributed by atoms with Gasteiger partial charge in [0.25, 0.3) is 0 Å². The second-order valence-electron chi connectivity index (χ2n) is 6.70. The molecule has 0 bridgehead atoms. The van der Waals surface area contributed by atoms with E-state index in [0.717, 1.165) is 5.82 Å². The summed E-state index contributed by atoms with van der Waals surface area (Å²) in [5.41, 5.74) is 0.205. The lowest BCUT2D eigenvalue weighted by Gasteiger charge is -2.43. The Morgan fingerprint density at radius 2 is 2.33 bits per heavy atom. The summed E-state index contributed by atoms with van der Waals surface area (Å²) in [6.07, 6.45) is 1.47. The second kappa shape index (κ2) is 7.60. The molecule has 0 aliphatic carbocycles. The molecule has 7 heteroatoms. The van der Waals surface area contributed by atoms with E-state index < -0.39 is 0 Å². The predicted octanol–water partition coefficient (Wildman–Crippen LogP) is 1.04. The number of nitrogens with zero attached hydrogens (tertiary/aromatic N) is 4. The third-order valence-corrected chi connectivity index (χ3v) is 3.71. The summed E-state index contributed by atoms with van der Waals surface area (Å²) >= 11 is 0. The molecule has 1 aliphatic heterocycles. The normalized spacial score (nSPS) is 19.6. The highest BCUT2D eigenvalue weighted by atomic mass is 16.5. The molecule has 0 saturated carbocycles. The van der Waals surface area contributed by atoms with E-state index in [1.165, 1.54) is 4.90 Å². The fraction of sp³-hybridized carbons (Fsp3) is 0.588. The molecule has 1 atom stereocenters. The van der Waals surface area contributed by atoms with Crippen LogP contribution in [0.5, 0.6) is 0 Å². The molecule has 7 nitrogen and oxygen atoms in total. The maximum absolute atomic E-state index is 11.6. The average molecular weight is 332 g/mol. The second-order valence-corrected chi connectivity index (χ2v) is 6.70. The number of aromatic nitrogens is 1. The third-order valence-electron chi connectivity index (χ3n) is 3.71. The molecule has 1 aromatic heterocycles. The van der Waals surface area contributed by atoms with E-state index in [4.69, 9.17) is 14.7 Å². The molecule has 0 spiro atoms. The fourth-order valence-electron chi connectivity index (χ4n) is 2.62. The predicted molar refractivity (Wildman–Crippen MR) is 89.6 cm³/mol. The number of ether oxygens (including phenoxy) is 2. The standard InChI is InChI=1S/C17H24N4O3/c1-17(2)12-21(15-7-13(8-18)5-6-19-15)9-14(24-17)10-23-11-16(22)20(3)4/h5-7,14H,9-12H2,1-4H3/t14-/m0/s1. The van der Waals surface area contributed by atoms with Crippen molar-refractivity contribution in [2.75, 3.05) is 45.3 Å². The van der Waals surface area contributed by atoms with Gasteiger partial charge in [-0.25, -0.2) is 4.98 Å². The number of hydrogen-bond acceptors (Lipinski definition) is 6. The summed E-state index contributed by atoms with van der Waals surface area (Å²) in [4.78, 5) is 19.5. The quantitative estimate of drug-likeness (QED) is 0.802. The Bertz CT molecular complexity index is 625. The van der Waals surface area contributed by atoms with Crippen LogP contribution in [-0.2, 0) is 14.3 Å². The van der Waals surface area contributed by atoms with Crippen molar-refractivity contribution in [3.8, 4) is 6.07 Å². The number of morpholine rings is 1. The highest BCUT2D eigenvalue weighted by Gasteiger charge is 2.34. The first-order valence-corrected chi connectivity index (χ1v) is 7.87. The van der Waals surface area contributed by atoms with Gasteiger partial charge in [0.2, 0.25) is 5.91 Å². The van der Waals surface area contributed by atoms with Crippen LogP contribution in [0.2, 0.25) is 0 Å². The van der Waals surface area contributed by atoms with Crippen LogP contribution >= 0.6 is 0 Å². The van der Waals surface area contributed by atoms with Crippen LogP contribution in [0.25, 0.3) is 0 Å². The van der Waals surface area contributed by atoms with Gasteiger partial charge in [-0.2, -0.15) is 5.26 Å². The lowest BCUT2D eigenvalue weighted by Crippen LogP contribution is -2.54. The van der Waals surface area contributed by atoms with Crippen LogP contribution in [0.1, 0.15) is 19.4 Å². The third kappa shape index (κ3) is 4.91. The molecule has 1 aliphatic rings. The van der Waals surface area contributed by atoms with Crippen LogP contribution in [0, 0.1) is 11.3 Å². The van der Waals surface area contributed by atoms with Crippen LogP contribution in [0.3, 0.4) is 0 Å². The molecule has 0 N–H and O–H groups in total. The monoisotopic (exact) mass is 332 g/mol. The van der Waals surface area contributed by atoms with Gasteiger partial charge in [-0.3, -0.25) is 4.79 Å². The van der Waals surface area contributed by atoms with Crippen LogP contribution in [0.4, 0.5) is 5.82 Å². The maximum Gasteiger partial charge on any atom is 0.248 e. The minimum absolute atomic E-state index is 0.0372. The number of anilines is 1. The topological polar surface area (TPSA) is 78.7 Å². The molecular formula is C17H24N4O3. The number of hydrogen-bond donors (Lipinski definition) is 0. The van der Waals surface area contributed by atoms with Gasteiger partial charge in [-0.1, -0.05) is 0 Å². The zero-order chi connectivity index (χ0) is 17.7. The lowest BCUT2D eigenvalue weighted by atomic mass is 10.1. The molecule has 0 unspecified atom stereocenters. The smallest absolute Gasteiger partial charge is 0.248 e. The number of likely N-dealkylation sites (N-methyl/N-ethyl adjacent to an activating group) is 1. The summed E-state index contributed by atoms with van der Waals surface area (Å²) in [6, 6.07) is 5.59. The van der Waals surface area contributed by atoms with Crippen molar-refractivity contribution in [3.63, 3.8) is 0 Å². The molecule has 0 aromatic carbocycles. The summed E-state index contributed by atoms with van der Waals surface area (Å²) in [7, 11) is 3.39. The van der Waals surface area contributed by atoms with Gasteiger partial charge in [0.05, 0.1) is 29.9 Å². The van der Waals surface area contributed by atoms with E-state index >= 15 is 0 Å². The van der Waals surface area contributed by atoms with Gasteiger partial charge in [0.1, 0.15) is 12.4 Å². The van der Waals surface area contributed by atoms with Crippen molar-refractivity contribution >= 4 is 11.7 Å². The zero-order valence-electron chi connectivity index (χ0n) is 14.7. The van der Waals surface area contributed by atoms with Gasteiger partial charge in [0, 0.05) is 33.4 Å². The highest BCUT2D eigenvalue weighted by Crippen LogP contribution is 2.25. The van der Waals surface area contributed by atoms with E-state index in [9.17, 15) is 4.79 Å². The Labute approximate surface area is 142 Å². The largest absolute Gasteiger partial charge is 0.369 e.